The maximum Gasteiger partial charge on any atom is 0.0540 e. The van der Waals surface area contributed by atoms with Crippen molar-refractivity contribution in [2.24, 2.45) is 0 Å². The normalized spacial score (nSPS) is 17.8. The summed E-state index contributed by atoms with van der Waals surface area (Å²) >= 11 is 0. The Morgan fingerprint density at radius 2 is 1.38 bits per heavy atom. The Balaban J connectivity index is 0.000000226. The molecule has 0 bridgehead atoms. The summed E-state index contributed by atoms with van der Waals surface area (Å²) in [5.41, 5.74) is 0. The van der Waals surface area contributed by atoms with Crippen LogP contribution < -0.4 is 0 Å². The molecule has 1 rings (SSSR count). The van der Waals surface area contributed by atoms with Gasteiger partial charge in [-0.15, -0.1) is 0 Å². The molecular weight excluding hydrogens is 160 g/mol. The van der Waals surface area contributed by atoms with Crippen molar-refractivity contribution in [1.82, 2.24) is 0 Å². The van der Waals surface area contributed by atoms with Crippen molar-refractivity contribution in [1.29, 1.82) is 0 Å². The summed E-state index contributed by atoms with van der Waals surface area (Å²) in [6.45, 7) is 4.46. The van der Waals surface area contributed by atoms with Gasteiger partial charge in [0.25, 0.3) is 0 Å². The highest BCUT2D eigenvalue weighted by Gasteiger charge is 2.07. The van der Waals surface area contributed by atoms with E-state index in [2.05, 4.69) is 13.8 Å². The molecule has 1 fully saturated rings. The van der Waals surface area contributed by atoms with Gasteiger partial charge in [0, 0.05) is 0 Å². The molecule has 0 amide bonds. The number of aliphatic hydroxyl groups excluding tert-OH is 1. The van der Waals surface area contributed by atoms with Crippen LogP contribution in [0.15, 0.2) is 0 Å². The van der Waals surface area contributed by atoms with E-state index < -0.39 is 0 Å². The van der Waals surface area contributed by atoms with Crippen LogP contribution in [0.4, 0.5) is 0 Å². The maximum atomic E-state index is 8.91. The van der Waals surface area contributed by atoms with Gasteiger partial charge in [0.2, 0.25) is 0 Å². The van der Waals surface area contributed by atoms with Crippen LogP contribution in [0.2, 0.25) is 0 Å². The Kier molecular flexibility index (Phi) is 10.0. The molecule has 13 heavy (non-hydrogen) atoms. The highest BCUT2D eigenvalue weighted by molar-refractivity contribution is 4.61. The van der Waals surface area contributed by atoms with Crippen LogP contribution >= 0.6 is 0 Å². The Hall–Kier alpha value is -0.0400. The van der Waals surface area contributed by atoms with Crippen LogP contribution in [0.5, 0.6) is 0 Å². The quantitative estimate of drug-likeness (QED) is 0.663. The SMILES string of the molecule is CCCCCC.OC1CCCCC1. The molecule has 1 nitrogen and oxygen atoms in total. The number of unbranched alkanes of at least 4 members (excludes halogenated alkanes) is 3. The lowest BCUT2D eigenvalue weighted by Gasteiger charge is -2.14. The second-order valence-electron chi connectivity index (χ2n) is 4.00. The summed E-state index contributed by atoms with van der Waals surface area (Å²) in [5.74, 6) is 0. The Morgan fingerprint density at radius 1 is 0.923 bits per heavy atom. The Bertz CT molecular complexity index is 81.1. The summed E-state index contributed by atoms with van der Waals surface area (Å²) in [6, 6.07) is 0. The molecule has 1 aliphatic carbocycles. The zero-order chi connectivity index (χ0) is 9.94. The summed E-state index contributed by atoms with van der Waals surface area (Å²) in [6.07, 6.45) is 11.5. The summed E-state index contributed by atoms with van der Waals surface area (Å²) in [7, 11) is 0. The number of aliphatic hydroxyl groups is 1. The highest BCUT2D eigenvalue weighted by atomic mass is 16.3. The van der Waals surface area contributed by atoms with Crippen LogP contribution in [0.3, 0.4) is 0 Å². The molecule has 80 valence electrons. The third kappa shape index (κ3) is 9.88. The monoisotopic (exact) mass is 186 g/mol. The average molecular weight is 186 g/mol. The van der Waals surface area contributed by atoms with Crippen molar-refractivity contribution < 1.29 is 5.11 Å². The molecule has 0 saturated heterocycles. The molecule has 0 spiro atoms. The molecule has 0 heterocycles. The number of rotatable bonds is 3. The third-order valence-electron chi connectivity index (χ3n) is 2.53. The van der Waals surface area contributed by atoms with Crippen LogP contribution in [-0.2, 0) is 0 Å². The van der Waals surface area contributed by atoms with Gasteiger partial charge < -0.3 is 5.11 Å². The maximum absolute atomic E-state index is 8.91. The van der Waals surface area contributed by atoms with E-state index in [-0.39, 0.29) is 6.10 Å². The lowest BCUT2D eigenvalue weighted by atomic mass is 9.98. The van der Waals surface area contributed by atoms with E-state index in [9.17, 15) is 0 Å². The Labute approximate surface area is 83.5 Å². The largest absolute Gasteiger partial charge is 0.393 e. The van der Waals surface area contributed by atoms with E-state index in [1.165, 1.54) is 44.9 Å². The topological polar surface area (TPSA) is 20.2 Å². The van der Waals surface area contributed by atoms with Crippen molar-refractivity contribution in [3.63, 3.8) is 0 Å². The van der Waals surface area contributed by atoms with E-state index in [4.69, 9.17) is 5.11 Å². The second kappa shape index (κ2) is 10.0. The van der Waals surface area contributed by atoms with Gasteiger partial charge in [0.1, 0.15) is 0 Å². The van der Waals surface area contributed by atoms with Gasteiger partial charge in [-0.25, -0.2) is 0 Å². The van der Waals surface area contributed by atoms with E-state index in [1.54, 1.807) is 0 Å². The first kappa shape index (κ1) is 13.0. The zero-order valence-electron chi connectivity index (χ0n) is 9.39. The molecule has 0 aromatic rings. The van der Waals surface area contributed by atoms with Gasteiger partial charge in [-0.3, -0.25) is 0 Å². The fraction of sp³-hybridized carbons (Fsp3) is 1.00. The van der Waals surface area contributed by atoms with Crippen LogP contribution in [-0.4, -0.2) is 11.2 Å². The van der Waals surface area contributed by atoms with Crippen LogP contribution in [0, 0.1) is 0 Å². The van der Waals surface area contributed by atoms with Crippen LogP contribution in [0.1, 0.15) is 71.6 Å². The first-order valence-electron chi connectivity index (χ1n) is 5.99. The van der Waals surface area contributed by atoms with Gasteiger partial charge in [-0.2, -0.15) is 0 Å². The second-order valence-corrected chi connectivity index (χ2v) is 4.00. The van der Waals surface area contributed by atoms with Crippen molar-refractivity contribution in [2.75, 3.05) is 0 Å². The molecule has 1 saturated carbocycles. The van der Waals surface area contributed by atoms with E-state index >= 15 is 0 Å². The van der Waals surface area contributed by atoms with E-state index in [1.807, 2.05) is 0 Å². The van der Waals surface area contributed by atoms with Crippen molar-refractivity contribution in [3.05, 3.63) is 0 Å². The molecule has 0 unspecified atom stereocenters. The molecule has 1 N–H and O–H groups in total. The minimum atomic E-state index is 0.0359. The van der Waals surface area contributed by atoms with Crippen molar-refractivity contribution >= 4 is 0 Å². The fourth-order valence-electron chi connectivity index (χ4n) is 1.58. The molecule has 0 aliphatic heterocycles. The van der Waals surface area contributed by atoms with Gasteiger partial charge in [0.15, 0.2) is 0 Å². The van der Waals surface area contributed by atoms with Gasteiger partial charge >= 0.3 is 0 Å². The minimum Gasteiger partial charge on any atom is -0.393 e. The standard InChI is InChI=1S/C6H12O.C6H14/c7-6-4-2-1-3-5-6;1-3-5-6-4-2/h6-7H,1-5H2;3-6H2,1-2H3. The number of hydrogen-bond acceptors (Lipinski definition) is 1. The Morgan fingerprint density at radius 3 is 1.62 bits per heavy atom. The van der Waals surface area contributed by atoms with E-state index in [0.29, 0.717) is 0 Å². The predicted octanol–water partition coefficient (Wildman–Crippen LogP) is 3.90. The van der Waals surface area contributed by atoms with Crippen LogP contribution in [0.25, 0.3) is 0 Å². The number of hydrogen-bond donors (Lipinski definition) is 1. The summed E-state index contributed by atoms with van der Waals surface area (Å²) < 4.78 is 0. The zero-order valence-corrected chi connectivity index (χ0v) is 9.39. The molecule has 1 aliphatic rings. The highest BCUT2D eigenvalue weighted by Crippen LogP contribution is 2.16. The van der Waals surface area contributed by atoms with E-state index in [0.717, 1.165) is 12.8 Å². The first-order chi connectivity index (χ1) is 6.31. The predicted molar refractivity (Wildman–Crippen MR) is 58.9 cm³/mol. The summed E-state index contributed by atoms with van der Waals surface area (Å²) in [5, 5.41) is 8.91. The van der Waals surface area contributed by atoms with Crippen molar-refractivity contribution in [2.45, 2.75) is 77.7 Å². The summed E-state index contributed by atoms with van der Waals surface area (Å²) in [4.78, 5) is 0. The fourth-order valence-corrected chi connectivity index (χ4v) is 1.58. The third-order valence-corrected chi connectivity index (χ3v) is 2.53. The molecule has 0 radical (unpaired) electrons. The molecular formula is C12H26O. The molecule has 0 aromatic carbocycles. The van der Waals surface area contributed by atoms with Crippen molar-refractivity contribution in [3.8, 4) is 0 Å². The lowest BCUT2D eigenvalue weighted by molar-refractivity contribution is 0.130. The molecule has 0 atom stereocenters. The minimum absolute atomic E-state index is 0.0359. The first-order valence-corrected chi connectivity index (χ1v) is 5.99. The van der Waals surface area contributed by atoms with Gasteiger partial charge in [-0.1, -0.05) is 58.8 Å². The van der Waals surface area contributed by atoms with Gasteiger partial charge in [0.05, 0.1) is 6.10 Å². The lowest BCUT2D eigenvalue weighted by Crippen LogP contribution is -2.09. The smallest absolute Gasteiger partial charge is 0.0540 e. The molecule has 1 heteroatoms. The molecule has 0 aromatic heterocycles. The average Bonchev–Trinajstić information content (AvgIpc) is 2.17. The van der Waals surface area contributed by atoms with Gasteiger partial charge in [-0.05, 0) is 12.8 Å².